The molecule has 0 bridgehead atoms. The molecule has 0 aliphatic carbocycles. The minimum Gasteiger partial charge on any atom is -0.486 e. The van der Waals surface area contributed by atoms with Gasteiger partial charge in [0.05, 0.1) is 10.9 Å². The number of aryl methyl sites for hydroxylation is 1. The van der Waals surface area contributed by atoms with Gasteiger partial charge in [-0.05, 0) is 35.7 Å². The molecule has 2 heterocycles. The van der Waals surface area contributed by atoms with Gasteiger partial charge in [-0.25, -0.2) is 4.79 Å². The van der Waals surface area contributed by atoms with Gasteiger partial charge in [-0.1, -0.05) is 13.0 Å². The lowest BCUT2D eigenvalue weighted by atomic mass is 10.0. The fourth-order valence-corrected chi connectivity index (χ4v) is 3.17. The van der Waals surface area contributed by atoms with Crippen molar-refractivity contribution in [2.24, 2.45) is 0 Å². The lowest BCUT2D eigenvalue weighted by Gasteiger charge is -2.18. The van der Waals surface area contributed by atoms with Gasteiger partial charge in [0.2, 0.25) is 5.43 Å². The van der Waals surface area contributed by atoms with Crippen LogP contribution in [0.4, 0.5) is 4.79 Å². The Kier molecular flexibility index (Phi) is 4.88. The van der Waals surface area contributed by atoms with Gasteiger partial charge in [0.1, 0.15) is 30.8 Å². The second kappa shape index (κ2) is 7.50. The van der Waals surface area contributed by atoms with Crippen molar-refractivity contribution in [2.45, 2.75) is 13.3 Å². The van der Waals surface area contributed by atoms with E-state index in [1.165, 1.54) is 11.2 Å². The quantitative estimate of drug-likeness (QED) is 0.670. The summed E-state index contributed by atoms with van der Waals surface area (Å²) < 4.78 is 22.3. The molecule has 1 amide bonds. The third-order valence-electron chi connectivity index (χ3n) is 4.75. The van der Waals surface area contributed by atoms with E-state index in [0.29, 0.717) is 59.0 Å². The largest absolute Gasteiger partial charge is 0.486 e. The maximum Gasteiger partial charge on any atom is 0.414 e. The van der Waals surface area contributed by atoms with E-state index in [1.54, 1.807) is 44.4 Å². The van der Waals surface area contributed by atoms with E-state index < -0.39 is 6.09 Å². The Hall–Kier alpha value is -3.48. The minimum atomic E-state index is -0.491. The van der Waals surface area contributed by atoms with Gasteiger partial charge >= 0.3 is 6.09 Å². The maximum absolute atomic E-state index is 13.2. The smallest absolute Gasteiger partial charge is 0.414 e. The Labute approximate surface area is 167 Å². The monoisotopic (exact) mass is 395 g/mol. The van der Waals surface area contributed by atoms with Crippen molar-refractivity contribution in [3.05, 3.63) is 52.4 Å². The number of rotatable bonds is 3. The molecule has 29 heavy (non-hydrogen) atoms. The summed E-state index contributed by atoms with van der Waals surface area (Å²) in [6.45, 7) is 2.91. The van der Waals surface area contributed by atoms with Gasteiger partial charge in [-0.3, -0.25) is 4.79 Å². The van der Waals surface area contributed by atoms with Crippen LogP contribution in [0.1, 0.15) is 12.5 Å². The van der Waals surface area contributed by atoms with Crippen LogP contribution in [-0.4, -0.2) is 38.3 Å². The van der Waals surface area contributed by atoms with Crippen molar-refractivity contribution in [2.75, 3.05) is 27.3 Å². The van der Waals surface area contributed by atoms with E-state index in [4.69, 9.17) is 18.6 Å². The molecule has 7 heteroatoms. The predicted octanol–water partition coefficient (Wildman–Crippen LogP) is 3.85. The SMILES string of the molecule is CCc1cc2c(=O)c(-c3ccc4c(c3)OCCO4)coc2cc1OC(=O)N(C)C. The van der Waals surface area contributed by atoms with Crippen molar-refractivity contribution < 1.29 is 23.4 Å². The van der Waals surface area contributed by atoms with E-state index in [-0.39, 0.29) is 5.43 Å². The van der Waals surface area contributed by atoms with Gasteiger partial charge in [0.15, 0.2) is 11.5 Å². The Balaban J connectivity index is 1.80. The molecule has 3 aromatic rings. The Morgan fingerprint density at radius 2 is 1.86 bits per heavy atom. The van der Waals surface area contributed by atoms with Gasteiger partial charge in [-0.2, -0.15) is 0 Å². The van der Waals surface area contributed by atoms with Gasteiger partial charge < -0.3 is 23.5 Å². The molecule has 0 spiro atoms. The maximum atomic E-state index is 13.2. The third kappa shape index (κ3) is 3.51. The molecule has 7 nitrogen and oxygen atoms in total. The number of fused-ring (bicyclic) bond motifs is 2. The van der Waals surface area contributed by atoms with Crippen molar-refractivity contribution in [1.29, 1.82) is 0 Å². The first-order chi connectivity index (χ1) is 14.0. The van der Waals surface area contributed by atoms with Crippen molar-refractivity contribution in [3.63, 3.8) is 0 Å². The molecule has 1 aromatic heterocycles. The number of carbonyl (C=O) groups excluding carboxylic acids is 1. The lowest BCUT2D eigenvalue weighted by molar-refractivity contribution is 0.171. The van der Waals surface area contributed by atoms with Crippen LogP contribution in [-0.2, 0) is 6.42 Å². The van der Waals surface area contributed by atoms with Crippen LogP contribution < -0.4 is 19.6 Å². The Morgan fingerprint density at radius 1 is 1.10 bits per heavy atom. The summed E-state index contributed by atoms with van der Waals surface area (Å²) >= 11 is 0. The molecule has 4 rings (SSSR count). The van der Waals surface area contributed by atoms with Crippen LogP contribution in [0.5, 0.6) is 17.2 Å². The van der Waals surface area contributed by atoms with Crippen LogP contribution in [0.15, 0.2) is 45.8 Å². The fraction of sp³-hybridized carbons (Fsp3) is 0.273. The topological polar surface area (TPSA) is 78.2 Å². The standard InChI is InChI=1S/C22H21NO6/c1-4-13-9-15-19(11-18(13)29-22(25)23(2)3)28-12-16(21(15)24)14-5-6-17-20(10-14)27-8-7-26-17/h5-6,9-12H,4,7-8H2,1-3H3. The van der Waals surface area contributed by atoms with Crippen LogP contribution >= 0.6 is 0 Å². The second-order valence-electron chi connectivity index (χ2n) is 6.91. The van der Waals surface area contributed by atoms with Crippen molar-refractivity contribution >= 4 is 17.1 Å². The molecule has 0 N–H and O–H groups in total. The highest BCUT2D eigenvalue weighted by Gasteiger charge is 2.18. The third-order valence-corrected chi connectivity index (χ3v) is 4.75. The highest BCUT2D eigenvalue weighted by Crippen LogP contribution is 2.34. The zero-order valence-corrected chi connectivity index (χ0v) is 16.5. The first-order valence-electron chi connectivity index (χ1n) is 9.35. The molecule has 0 atom stereocenters. The number of nitrogens with zero attached hydrogens (tertiary/aromatic N) is 1. The molecule has 0 saturated carbocycles. The molecule has 150 valence electrons. The number of amides is 1. The van der Waals surface area contributed by atoms with Crippen LogP contribution in [0, 0.1) is 0 Å². The average molecular weight is 395 g/mol. The summed E-state index contributed by atoms with van der Waals surface area (Å²) in [6.07, 6.45) is 1.52. The number of benzene rings is 2. The first-order valence-corrected chi connectivity index (χ1v) is 9.35. The summed E-state index contributed by atoms with van der Waals surface area (Å²) in [4.78, 5) is 26.4. The van der Waals surface area contributed by atoms with Crippen LogP contribution in [0.2, 0.25) is 0 Å². The highest BCUT2D eigenvalue weighted by atomic mass is 16.6. The first kappa shape index (κ1) is 18.9. The van der Waals surface area contributed by atoms with E-state index in [9.17, 15) is 9.59 Å². The number of hydrogen-bond donors (Lipinski definition) is 0. The van der Waals surface area contributed by atoms with Crippen molar-refractivity contribution in [3.8, 4) is 28.4 Å². The van der Waals surface area contributed by atoms with Gasteiger partial charge in [-0.15, -0.1) is 0 Å². The molecule has 0 saturated heterocycles. The molecule has 1 aliphatic heterocycles. The van der Waals surface area contributed by atoms with Crippen LogP contribution in [0.3, 0.4) is 0 Å². The summed E-state index contributed by atoms with van der Waals surface area (Å²) in [5.74, 6) is 1.65. The van der Waals surface area contributed by atoms with E-state index >= 15 is 0 Å². The summed E-state index contributed by atoms with van der Waals surface area (Å²) in [6, 6.07) is 8.68. The minimum absolute atomic E-state index is 0.164. The molecular formula is C22H21NO6. The second-order valence-corrected chi connectivity index (χ2v) is 6.91. The van der Waals surface area contributed by atoms with Gasteiger partial charge in [0.25, 0.3) is 0 Å². The summed E-state index contributed by atoms with van der Waals surface area (Å²) in [5.41, 5.74) is 2.05. The molecule has 0 unspecified atom stereocenters. The number of ether oxygens (including phenoxy) is 3. The molecule has 0 radical (unpaired) electrons. The van der Waals surface area contributed by atoms with Gasteiger partial charge in [0, 0.05) is 20.2 Å². The summed E-state index contributed by atoms with van der Waals surface area (Å²) in [7, 11) is 3.21. The Morgan fingerprint density at radius 3 is 2.59 bits per heavy atom. The zero-order valence-electron chi connectivity index (χ0n) is 16.5. The van der Waals surface area contributed by atoms with E-state index in [2.05, 4.69) is 0 Å². The number of carbonyl (C=O) groups is 1. The normalized spacial score (nSPS) is 12.7. The highest BCUT2D eigenvalue weighted by molar-refractivity contribution is 5.85. The lowest BCUT2D eigenvalue weighted by Crippen LogP contribution is -2.25. The predicted molar refractivity (Wildman–Crippen MR) is 108 cm³/mol. The molecule has 0 fully saturated rings. The average Bonchev–Trinajstić information content (AvgIpc) is 2.73. The summed E-state index contributed by atoms with van der Waals surface area (Å²) in [5, 5.41) is 0.430. The number of hydrogen-bond acceptors (Lipinski definition) is 6. The zero-order chi connectivity index (χ0) is 20.5. The van der Waals surface area contributed by atoms with Crippen molar-refractivity contribution in [1.82, 2.24) is 4.90 Å². The molecule has 2 aromatic carbocycles. The Bertz CT molecular complexity index is 1150. The van der Waals surface area contributed by atoms with E-state index in [0.717, 1.165) is 5.56 Å². The molecule has 1 aliphatic rings. The van der Waals surface area contributed by atoms with E-state index in [1.807, 2.05) is 6.92 Å². The van der Waals surface area contributed by atoms with Crippen LogP contribution in [0.25, 0.3) is 22.1 Å². The molecular weight excluding hydrogens is 374 g/mol. The fourth-order valence-electron chi connectivity index (χ4n) is 3.17.